The van der Waals surface area contributed by atoms with Crippen molar-refractivity contribution in [2.24, 2.45) is 7.05 Å². The average molecular weight is 268 g/mol. The van der Waals surface area contributed by atoms with Gasteiger partial charge in [0.2, 0.25) is 5.88 Å². The summed E-state index contributed by atoms with van der Waals surface area (Å²) >= 11 is 3.44. The Bertz CT molecular complexity index is 481. The van der Waals surface area contributed by atoms with Crippen LogP contribution in [0.2, 0.25) is 0 Å². The van der Waals surface area contributed by atoms with E-state index in [1.165, 1.54) is 5.56 Å². The molecule has 0 radical (unpaired) electrons. The van der Waals surface area contributed by atoms with Crippen LogP contribution in [0.3, 0.4) is 0 Å². The summed E-state index contributed by atoms with van der Waals surface area (Å²) in [7, 11) is 1.78. The number of nitrogens with zero attached hydrogens (tertiary/aromatic N) is 3. The average Bonchev–Trinajstić information content (AvgIpc) is 2.57. The minimum Gasteiger partial charge on any atom is -0.436 e. The number of aryl methyl sites for hydroxylation is 2. The molecule has 0 saturated heterocycles. The van der Waals surface area contributed by atoms with Crippen molar-refractivity contribution in [3.63, 3.8) is 0 Å². The molecule has 5 heteroatoms. The highest BCUT2D eigenvalue weighted by molar-refractivity contribution is 9.10. The SMILES string of the molecule is Cc1ccc(Oc2cnnn2C)c(Br)c1. The predicted molar refractivity (Wildman–Crippen MR) is 60.0 cm³/mol. The Balaban J connectivity index is 2.29. The van der Waals surface area contributed by atoms with Crippen molar-refractivity contribution in [2.45, 2.75) is 6.92 Å². The van der Waals surface area contributed by atoms with Crippen LogP contribution in [-0.2, 0) is 7.05 Å². The molecule has 0 fully saturated rings. The van der Waals surface area contributed by atoms with Crippen molar-refractivity contribution in [2.75, 3.05) is 0 Å². The van der Waals surface area contributed by atoms with Gasteiger partial charge in [0.05, 0.1) is 4.47 Å². The van der Waals surface area contributed by atoms with Crippen molar-refractivity contribution in [1.82, 2.24) is 15.0 Å². The van der Waals surface area contributed by atoms with Crippen LogP contribution in [0.1, 0.15) is 5.56 Å². The molecule has 15 heavy (non-hydrogen) atoms. The molecule has 0 amide bonds. The fourth-order valence-corrected chi connectivity index (χ4v) is 1.75. The van der Waals surface area contributed by atoms with Crippen LogP contribution in [0.5, 0.6) is 11.6 Å². The monoisotopic (exact) mass is 267 g/mol. The van der Waals surface area contributed by atoms with Crippen LogP contribution in [0, 0.1) is 6.92 Å². The first-order valence-corrected chi connectivity index (χ1v) is 5.25. The second kappa shape index (κ2) is 4.02. The summed E-state index contributed by atoms with van der Waals surface area (Å²) in [4.78, 5) is 0. The van der Waals surface area contributed by atoms with E-state index in [0.29, 0.717) is 5.88 Å². The van der Waals surface area contributed by atoms with Crippen LogP contribution in [0.15, 0.2) is 28.9 Å². The van der Waals surface area contributed by atoms with E-state index in [4.69, 9.17) is 4.74 Å². The summed E-state index contributed by atoms with van der Waals surface area (Å²) < 4.78 is 8.12. The fourth-order valence-electron chi connectivity index (χ4n) is 1.17. The summed E-state index contributed by atoms with van der Waals surface area (Å²) in [5, 5.41) is 7.52. The third kappa shape index (κ3) is 2.18. The van der Waals surface area contributed by atoms with Gasteiger partial charge in [-0.1, -0.05) is 11.3 Å². The van der Waals surface area contributed by atoms with E-state index >= 15 is 0 Å². The Kier molecular flexibility index (Phi) is 2.73. The maximum absolute atomic E-state index is 5.63. The van der Waals surface area contributed by atoms with Crippen molar-refractivity contribution >= 4 is 15.9 Å². The molecule has 4 nitrogen and oxygen atoms in total. The standard InChI is InChI=1S/C10H10BrN3O/c1-7-3-4-9(8(11)5-7)15-10-6-12-13-14(10)2/h3-6H,1-2H3. The van der Waals surface area contributed by atoms with Crippen molar-refractivity contribution in [3.05, 3.63) is 34.4 Å². The third-order valence-electron chi connectivity index (χ3n) is 1.97. The molecular formula is C10H10BrN3O. The first-order valence-electron chi connectivity index (χ1n) is 4.45. The number of hydrogen-bond acceptors (Lipinski definition) is 3. The molecule has 0 unspecified atom stereocenters. The zero-order chi connectivity index (χ0) is 10.8. The van der Waals surface area contributed by atoms with Gasteiger partial charge in [-0.05, 0) is 40.5 Å². The molecule has 0 spiro atoms. The minimum atomic E-state index is 0.611. The molecule has 1 aromatic heterocycles. The lowest BCUT2D eigenvalue weighted by Crippen LogP contribution is -1.95. The molecule has 0 aliphatic rings. The first kappa shape index (κ1) is 10.2. The molecule has 78 valence electrons. The van der Waals surface area contributed by atoms with Gasteiger partial charge in [0, 0.05) is 7.05 Å². The van der Waals surface area contributed by atoms with E-state index < -0.39 is 0 Å². The number of aromatic nitrogens is 3. The van der Waals surface area contributed by atoms with Gasteiger partial charge in [-0.25, -0.2) is 4.68 Å². The second-order valence-corrected chi connectivity index (χ2v) is 4.09. The van der Waals surface area contributed by atoms with Crippen LogP contribution < -0.4 is 4.74 Å². The van der Waals surface area contributed by atoms with Gasteiger partial charge in [0.25, 0.3) is 0 Å². The van der Waals surface area contributed by atoms with E-state index in [2.05, 4.69) is 26.2 Å². The van der Waals surface area contributed by atoms with E-state index in [1.807, 2.05) is 25.1 Å². The van der Waals surface area contributed by atoms with E-state index in [1.54, 1.807) is 17.9 Å². The van der Waals surface area contributed by atoms with Crippen LogP contribution in [-0.4, -0.2) is 15.0 Å². The zero-order valence-electron chi connectivity index (χ0n) is 8.44. The quantitative estimate of drug-likeness (QED) is 0.840. The number of ether oxygens (including phenoxy) is 1. The Morgan fingerprint density at radius 2 is 2.20 bits per heavy atom. The molecule has 1 heterocycles. The van der Waals surface area contributed by atoms with Gasteiger partial charge in [-0.3, -0.25) is 0 Å². The van der Waals surface area contributed by atoms with Crippen LogP contribution in [0.4, 0.5) is 0 Å². The zero-order valence-corrected chi connectivity index (χ0v) is 10.0. The fraction of sp³-hybridized carbons (Fsp3) is 0.200. The van der Waals surface area contributed by atoms with Gasteiger partial charge in [-0.2, -0.15) is 0 Å². The van der Waals surface area contributed by atoms with Crippen LogP contribution in [0.25, 0.3) is 0 Å². The molecular weight excluding hydrogens is 258 g/mol. The topological polar surface area (TPSA) is 39.9 Å². The van der Waals surface area contributed by atoms with Crippen molar-refractivity contribution in [1.29, 1.82) is 0 Å². The number of rotatable bonds is 2. The van der Waals surface area contributed by atoms with Gasteiger partial charge in [0.1, 0.15) is 11.9 Å². The van der Waals surface area contributed by atoms with Crippen molar-refractivity contribution in [3.8, 4) is 11.6 Å². The molecule has 2 rings (SSSR count). The molecule has 0 aliphatic carbocycles. The Hall–Kier alpha value is -1.36. The predicted octanol–water partition coefficient (Wildman–Crippen LogP) is 2.68. The Morgan fingerprint density at radius 3 is 2.80 bits per heavy atom. The summed E-state index contributed by atoms with van der Waals surface area (Å²) in [5.41, 5.74) is 1.18. The smallest absolute Gasteiger partial charge is 0.237 e. The molecule has 0 aliphatic heterocycles. The normalized spacial score (nSPS) is 10.3. The first-order chi connectivity index (χ1) is 7.16. The molecule has 0 bridgehead atoms. The Morgan fingerprint density at radius 1 is 1.40 bits per heavy atom. The lowest BCUT2D eigenvalue weighted by atomic mass is 10.2. The molecule has 1 aromatic carbocycles. The maximum atomic E-state index is 5.63. The lowest BCUT2D eigenvalue weighted by Gasteiger charge is -2.06. The van der Waals surface area contributed by atoms with Crippen LogP contribution >= 0.6 is 15.9 Å². The summed E-state index contributed by atoms with van der Waals surface area (Å²) in [6.45, 7) is 2.03. The minimum absolute atomic E-state index is 0.611. The molecule has 0 saturated carbocycles. The largest absolute Gasteiger partial charge is 0.436 e. The summed E-state index contributed by atoms with van der Waals surface area (Å²) in [6.07, 6.45) is 1.58. The second-order valence-electron chi connectivity index (χ2n) is 3.23. The van der Waals surface area contributed by atoms with Gasteiger partial charge >= 0.3 is 0 Å². The number of halogens is 1. The molecule has 2 aromatic rings. The number of hydrogen-bond donors (Lipinski definition) is 0. The molecule has 0 N–H and O–H groups in total. The van der Waals surface area contributed by atoms with E-state index in [9.17, 15) is 0 Å². The van der Waals surface area contributed by atoms with Gasteiger partial charge in [0.15, 0.2) is 0 Å². The van der Waals surface area contributed by atoms with Gasteiger partial charge in [-0.15, -0.1) is 5.10 Å². The van der Waals surface area contributed by atoms with Gasteiger partial charge < -0.3 is 4.74 Å². The maximum Gasteiger partial charge on any atom is 0.237 e. The van der Waals surface area contributed by atoms with E-state index in [0.717, 1.165) is 10.2 Å². The number of benzene rings is 1. The highest BCUT2D eigenvalue weighted by Crippen LogP contribution is 2.29. The molecule has 0 atom stereocenters. The lowest BCUT2D eigenvalue weighted by molar-refractivity contribution is 0.427. The summed E-state index contributed by atoms with van der Waals surface area (Å²) in [6, 6.07) is 5.90. The van der Waals surface area contributed by atoms with Crippen molar-refractivity contribution < 1.29 is 4.74 Å². The summed E-state index contributed by atoms with van der Waals surface area (Å²) in [5.74, 6) is 1.37. The Labute approximate surface area is 96.0 Å². The third-order valence-corrected chi connectivity index (χ3v) is 2.59. The van der Waals surface area contributed by atoms with E-state index in [-0.39, 0.29) is 0 Å². The highest BCUT2D eigenvalue weighted by Gasteiger charge is 2.06. The highest BCUT2D eigenvalue weighted by atomic mass is 79.9.